The van der Waals surface area contributed by atoms with Crippen LogP contribution in [0.5, 0.6) is 5.88 Å². The largest absolute Gasteiger partial charge is 0.481 e. The topological polar surface area (TPSA) is 72.8 Å². The Kier molecular flexibility index (Phi) is 3.68. The number of rotatable bonds is 4. The number of pyridine rings is 1. The molecule has 0 fully saturated rings. The second-order valence-electron chi connectivity index (χ2n) is 4.21. The van der Waals surface area contributed by atoms with Crippen LogP contribution < -0.4 is 10.1 Å². The van der Waals surface area contributed by atoms with E-state index in [2.05, 4.69) is 25.3 Å². The molecule has 0 radical (unpaired) electrons. The van der Waals surface area contributed by atoms with Crippen LogP contribution in [0.3, 0.4) is 0 Å². The Balaban J connectivity index is 1.85. The third-order valence-corrected chi connectivity index (χ3v) is 2.81. The van der Waals surface area contributed by atoms with Gasteiger partial charge < -0.3 is 10.1 Å². The lowest BCUT2D eigenvalue weighted by molar-refractivity contribution is 0.398. The molecule has 0 atom stereocenters. The molecule has 2 heterocycles. The number of aromatic nitrogens is 4. The minimum absolute atomic E-state index is 0.488. The van der Waals surface area contributed by atoms with Gasteiger partial charge in [-0.15, -0.1) is 0 Å². The molecule has 0 aliphatic rings. The summed E-state index contributed by atoms with van der Waals surface area (Å²) in [6.45, 7) is 0. The highest BCUT2D eigenvalue weighted by atomic mass is 16.5. The number of hydrogen-bond donors (Lipinski definition) is 1. The summed E-state index contributed by atoms with van der Waals surface area (Å²) in [5, 5.41) is 3.13. The molecule has 6 heteroatoms. The number of nitrogens with one attached hydrogen (secondary N) is 1. The molecule has 0 aliphatic heterocycles. The van der Waals surface area contributed by atoms with Gasteiger partial charge in [0.15, 0.2) is 5.82 Å². The van der Waals surface area contributed by atoms with E-state index >= 15 is 0 Å². The van der Waals surface area contributed by atoms with E-state index < -0.39 is 0 Å². The first-order valence-corrected chi connectivity index (χ1v) is 6.37. The SMILES string of the molecule is COc1ccc(-c2ncnc(Nc3ccccc3)n2)cn1. The lowest BCUT2D eigenvalue weighted by Crippen LogP contribution is -2.00. The predicted octanol–water partition coefficient (Wildman–Crippen LogP) is 2.69. The van der Waals surface area contributed by atoms with Crippen LogP contribution in [0.15, 0.2) is 55.0 Å². The quantitative estimate of drug-likeness (QED) is 0.791. The minimum Gasteiger partial charge on any atom is -0.481 e. The fourth-order valence-corrected chi connectivity index (χ4v) is 1.78. The molecular weight excluding hydrogens is 266 g/mol. The van der Waals surface area contributed by atoms with E-state index in [0.29, 0.717) is 17.7 Å². The van der Waals surface area contributed by atoms with Crippen LogP contribution >= 0.6 is 0 Å². The molecule has 0 saturated heterocycles. The average Bonchev–Trinajstić information content (AvgIpc) is 2.56. The Bertz CT molecular complexity index is 716. The molecule has 2 aromatic heterocycles. The second kappa shape index (κ2) is 5.96. The number of methoxy groups -OCH3 is 1. The van der Waals surface area contributed by atoms with Gasteiger partial charge in [0.05, 0.1) is 7.11 Å². The normalized spacial score (nSPS) is 10.1. The fraction of sp³-hybridized carbons (Fsp3) is 0.0667. The van der Waals surface area contributed by atoms with Crippen molar-refractivity contribution in [3.8, 4) is 17.3 Å². The van der Waals surface area contributed by atoms with E-state index in [-0.39, 0.29) is 0 Å². The van der Waals surface area contributed by atoms with Crippen molar-refractivity contribution >= 4 is 11.6 Å². The van der Waals surface area contributed by atoms with Crippen molar-refractivity contribution in [1.29, 1.82) is 0 Å². The van der Waals surface area contributed by atoms with Gasteiger partial charge in [-0.2, -0.15) is 4.98 Å². The number of anilines is 2. The predicted molar refractivity (Wildman–Crippen MR) is 79.3 cm³/mol. The van der Waals surface area contributed by atoms with Crippen molar-refractivity contribution in [1.82, 2.24) is 19.9 Å². The molecular formula is C15H13N5O. The lowest BCUT2D eigenvalue weighted by atomic mass is 10.3. The number of benzene rings is 1. The van der Waals surface area contributed by atoms with E-state index in [4.69, 9.17) is 4.74 Å². The van der Waals surface area contributed by atoms with E-state index in [1.54, 1.807) is 19.4 Å². The molecule has 0 amide bonds. The van der Waals surface area contributed by atoms with Gasteiger partial charge in [0.1, 0.15) is 6.33 Å². The lowest BCUT2D eigenvalue weighted by Gasteiger charge is -2.06. The number of hydrogen-bond acceptors (Lipinski definition) is 6. The first kappa shape index (κ1) is 13.0. The van der Waals surface area contributed by atoms with Crippen LogP contribution in [0.1, 0.15) is 0 Å². The standard InChI is InChI=1S/C15H13N5O/c1-21-13-8-7-11(9-16-13)14-17-10-18-15(20-14)19-12-5-3-2-4-6-12/h2-10H,1H3,(H,17,18,19,20). The van der Waals surface area contributed by atoms with Crippen molar-refractivity contribution in [3.05, 3.63) is 55.0 Å². The second-order valence-corrected chi connectivity index (χ2v) is 4.21. The molecule has 0 aliphatic carbocycles. The highest BCUT2D eigenvalue weighted by molar-refractivity contribution is 5.58. The molecule has 104 valence electrons. The molecule has 21 heavy (non-hydrogen) atoms. The van der Waals surface area contributed by atoms with Crippen LogP contribution in [0.2, 0.25) is 0 Å². The summed E-state index contributed by atoms with van der Waals surface area (Å²) in [5.41, 5.74) is 1.72. The number of para-hydroxylation sites is 1. The molecule has 3 aromatic rings. The fourth-order valence-electron chi connectivity index (χ4n) is 1.78. The van der Waals surface area contributed by atoms with E-state index in [1.807, 2.05) is 36.4 Å². The Morgan fingerprint density at radius 3 is 2.52 bits per heavy atom. The molecule has 1 N–H and O–H groups in total. The van der Waals surface area contributed by atoms with Crippen LogP contribution in [0.4, 0.5) is 11.6 Å². The monoisotopic (exact) mass is 279 g/mol. The summed E-state index contributed by atoms with van der Waals surface area (Å²) in [6.07, 6.45) is 3.14. The van der Waals surface area contributed by atoms with Crippen molar-refractivity contribution in [3.63, 3.8) is 0 Å². The highest BCUT2D eigenvalue weighted by Gasteiger charge is 2.05. The Hall–Kier alpha value is -3.02. The molecule has 1 aromatic carbocycles. The maximum Gasteiger partial charge on any atom is 0.230 e. The van der Waals surface area contributed by atoms with E-state index in [9.17, 15) is 0 Å². The van der Waals surface area contributed by atoms with Crippen LogP contribution in [-0.2, 0) is 0 Å². The summed E-state index contributed by atoms with van der Waals surface area (Å²) >= 11 is 0. The molecule has 3 rings (SSSR count). The van der Waals surface area contributed by atoms with Gasteiger partial charge in [0.2, 0.25) is 11.8 Å². The van der Waals surface area contributed by atoms with Crippen molar-refractivity contribution in [2.75, 3.05) is 12.4 Å². The first-order valence-electron chi connectivity index (χ1n) is 6.37. The number of ether oxygens (including phenoxy) is 1. The zero-order chi connectivity index (χ0) is 14.5. The molecule has 0 saturated carbocycles. The zero-order valence-electron chi connectivity index (χ0n) is 11.4. The van der Waals surface area contributed by atoms with Crippen molar-refractivity contribution < 1.29 is 4.74 Å². The molecule has 0 spiro atoms. The average molecular weight is 279 g/mol. The van der Waals surface area contributed by atoms with Gasteiger partial charge in [-0.25, -0.2) is 15.0 Å². The van der Waals surface area contributed by atoms with Crippen LogP contribution in [-0.4, -0.2) is 27.0 Å². The molecule has 0 bridgehead atoms. The van der Waals surface area contributed by atoms with Gasteiger partial charge in [-0.3, -0.25) is 0 Å². The van der Waals surface area contributed by atoms with Crippen molar-refractivity contribution in [2.45, 2.75) is 0 Å². The van der Waals surface area contributed by atoms with Gasteiger partial charge in [-0.1, -0.05) is 18.2 Å². The smallest absolute Gasteiger partial charge is 0.230 e. The minimum atomic E-state index is 0.488. The zero-order valence-corrected chi connectivity index (χ0v) is 11.4. The summed E-state index contributed by atoms with van der Waals surface area (Å²) in [7, 11) is 1.58. The van der Waals surface area contributed by atoms with Gasteiger partial charge >= 0.3 is 0 Å². The third-order valence-electron chi connectivity index (χ3n) is 2.81. The molecule has 6 nitrogen and oxygen atoms in total. The van der Waals surface area contributed by atoms with Gasteiger partial charge in [0.25, 0.3) is 0 Å². The number of nitrogens with zero attached hydrogens (tertiary/aromatic N) is 4. The van der Waals surface area contributed by atoms with Crippen molar-refractivity contribution in [2.24, 2.45) is 0 Å². The summed E-state index contributed by atoms with van der Waals surface area (Å²) in [4.78, 5) is 16.8. The maximum atomic E-state index is 5.03. The summed E-state index contributed by atoms with van der Waals surface area (Å²) in [5.74, 6) is 1.59. The van der Waals surface area contributed by atoms with E-state index in [0.717, 1.165) is 11.3 Å². The maximum absolute atomic E-state index is 5.03. The third kappa shape index (κ3) is 3.11. The van der Waals surface area contributed by atoms with Gasteiger partial charge in [-0.05, 0) is 18.2 Å². The Morgan fingerprint density at radius 1 is 0.952 bits per heavy atom. The Morgan fingerprint density at radius 2 is 1.81 bits per heavy atom. The summed E-state index contributed by atoms with van der Waals surface area (Å²) in [6, 6.07) is 13.3. The molecule has 0 unspecified atom stereocenters. The first-order chi connectivity index (χ1) is 10.3. The van der Waals surface area contributed by atoms with Crippen LogP contribution in [0, 0.1) is 0 Å². The van der Waals surface area contributed by atoms with Gasteiger partial charge in [0, 0.05) is 23.5 Å². The summed E-state index contributed by atoms with van der Waals surface area (Å²) < 4.78 is 5.03. The van der Waals surface area contributed by atoms with Crippen LogP contribution in [0.25, 0.3) is 11.4 Å². The Labute approximate surface area is 121 Å². The van der Waals surface area contributed by atoms with E-state index in [1.165, 1.54) is 6.33 Å². The highest BCUT2D eigenvalue weighted by Crippen LogP contribution is 2.18.